The van der Waals surface area contributed by atoms with Crippen molar-refractivity contribution in [2.45, 2.75) is 6.42 Å². The van der Waals surface area contributed by atoms with E-state index >= 15 is 0 Å². The van der Waals surface area contributed by atoms with Crippen LogP contribution in [0.15, 0.2) is 30.3 Å². The Morgan fingerprint density at radius 1 is 1.25 bits per heavy atom. The highest BCUT2D eigenvalue weighted by Gasteiger charge is 2.19. The highest BCUT2D eigenvalue weighted by atomic mass is 127. The zero-order chi connectivity index (χ0) is 17.7. The fraction of sp³-hybridized carbons (Fsp3) is 0.188. The van der Waals surface area contributed by atoms with Crippen molar-refractivity contribution in [2.75, 3.05) is 18.5 Å². The van der Waals surface area contributed by atoms with Gasteiger partial charge in [-0.3, -0.25) is 4.79 Å². The normalized spacial score (nSPS) is 10.5. The van der Waals surface area contributed by atoms with Crippen LogP contribution in [0.2, 0.25) is 5.02 Å². The second-order valence-electron chi connectivity index (χ2n) is 4.87. The van der Waals surface area contributed by atoms with Gasteiger partial charge in [0, 0.05) is 16.7 Å². The SMILES string of the molecule is O=C(NCCCO)c1ccc(F)c(F)c1Nc1ccc(I)cc1Cl. The summed E-state index contributed by atoms with van der Waals surface area (Å²) in [6.45, 7) is 0.138. The lowest BCUT2D eigenvalue weighted by molar-refractivity contribution is 0.0951. The summed E-state index contributed by atoms with van der Waals surface area (Å²) < 4.78 is 28.7. The van der Waals surface area contributed by atoms with Gasteiger partial charge in [-0.2, -0.15) is 0 Å². The number of carbonyl (C=O) groups is 1. The molecule has 0 saturated carbocycles. The number of halogens is 4. The van der Waals surface area contributed by atoms with Crippen LogP contribution in [-0.2, 0) is 0 Å². The molecule has 0 aliphatic rings. The van der Waals surface area contributed by atoms with Crippen LogP contribution >= 0.6 is 34.2 Å². The van der Waals surface area contributed by atoms with Crippen molar-refractivity contribution in [1.82, 2.24) is 5.32 Å². The number of aliphatic hydroxyl groups is 1. The lowest BCUT2D eigenvalue weighted by atomic mass is 10.1. The maximum Gasteiger partial charge on any atom is 0.253 e. The summed E-state index contributed by atoms with van der Waals surface area (Å²) in [5.74, 6) is -2.82. The van der Waals surface area contributed by atoms with E-state index in [1.165, 1.54) is 6.07 Å². The van der Waals surface area contributed by atoms with Gasteiger partial charge < -0.3 is 15.7 Å². The first kappa shape index (κ1) is 18.9. The van der Waals surface area contributed by atoms with Gasteiger partial charge in [-0.15, -0.1) is 0 Å². The Morgan fingerprint density at radius 3 is 2.67 bits per heavy atom. The van der Waals surface area contributed by atoms with Crippen molar-refractivity contribution in [2.24, 2.45) is 0 Å². The quantitative estimate of drug-likeness (QED) is 0.444. The molecule has 0 aliphatic heterocycles. The molecule has 8 heteroatoms. The Hall–Kier alpha value is -1.45. The first-order valence-electron chi connectivity index (χ1n) is 7.03. The molecule has 0 radical (unpaired) electrons. The molecule has 0 fully saturated rings. The van der Waals surface area contributed by atoms with Gasteiger partial charge in [-0.05, 0) is 59.3 Å². The van der Waals surface area contributed by atoms with Gasteiger partial charge >= 0.3 is 0 Å². The molecule has 0 aliphatic carbocycles. The van der Waals surface area contributed by atoms with Crippen LogP contribution in [0, 0.1) is 15.2 Å². The van der Waals surface area contributed by atoms with E-state index in [1.807, 2.05) is 0 Å². The van der Waals surface area contributed by atoms with Crippen LogP contribution in [-0.4, -0.2) is 24.2 Å². The number of benzene rings is 2. The van der Waals surface area contributed by atoms with Gasteiger partial charge in [0.2, 0.25) is 0 Å². The second kappa shape index (κ2) is 8.59. The summed E-state index contributed by atoms with van der Waals surface area (Å²) in [5.41, 5.74) is 0.00653. The number of hydrogen-bond acceptors (Lipinski definition) is 3. The highest BCUT2D eigenvalue weighted by Crippen LogP contribution is 2.31. The smallest absolute Gasteiger partial charge is 0.253 e. The lowest BCUT2D eigenvalue weighted by Crippen LogP contribution is -2.26. The predicted molar refractivity (Wildman–Crippen MR) is 97.8 cm³/mol. The molecule has 0 atom stereocenters. The summed E-state index contributed by atoms with van der Waals surface area (Å²) >= 11 is 8.16. The number of amides is 1. The van der Waals surface area contributed by atoms with Gasteiger partial charge in [0.05, 0.1) is 22.0 Å². The van der Waals surface area contributed by atoms with E-state index in [0.717, 1.165) is 9.64 Å². The molecule has 1 amide bonds. The topological polar surface area (TPSA) is 61.4 Å². The fourth-order valence-electron chi connectivity index (χ4n) is 1.96. The summed E-state index contributed by atoms with van der Waals surface area (Å²) in [6.07, 6.45) is 0.362. The van der Waals surface area contributed by atoms with Crippen LogP contribution in [0.25, 0.3) is 0 Å². The molecule has 0 aromatic heterocycles. The van der Waals surface area contributed by atoms with Crippen LogP contribution in [0.4, 0.5) is 20.2 Å². The van der Waals surface area contributed by atoms with Crippen LogP contribution < -0.4 is 10.6 Å². The van der Waals surface area contributed by atoms with Crippen LogP contribution in [0.1, 0.15) is 16.8 Å². The van der Waals surface area contributed by atoms with Gasteiger partial charge in [-0.25, -0.2) is 8.78 Å². The molecule has 4 nitrogen and oxygen atoms in total. The van der Waals surface area contributed by atoms with Gasteiger partial charge in [0.25, 0.3) is 5.91 Å². The minimum atomic E-state index is -1.17. The molecule has 3 N–H and O–H groups in total. The Kier molecular flexibility index (Phi) is 6.76. The minimum absolute atomic E-state index is 0.0542. The largest absolute Gasteiger partial charge is 0.396 e. The number of hydrogen-bond donors (Lipinski definition) is 3. The summed E-state index contributed by atoms with van der Waals surface area (Å²) in [7, 11) is 0. The molecule has 2 aromatic rings. The van der Waals surface area contributed by atoms with E-state index in [9.17, 15) is 13.6 Å². The van der Waals surface area contributed by atoms with E-state index in [2.05, 4.69) is 33.2 Å². The van der Waals surface area contributed by atoms with Gasteiger partial charge in [-0.1, -0.05) is 11.6 Å². The highest BCUT2D eigenvalue weighted by molar-refractivity contribution is 14.1. The first-order valence-corrected chi connectivity index (χ1v) is 8.49. The van der Waals surface area contributed by atoms with E-state index < -0.39 is 17.5 Å². The Balaban J connectivity index is 2.36. The molecule has 0 unspecified atom stereocenters. The second-order valence-corrected chi connectivity index (χ2v) is 6.52. The van der Waals surface area contributed by atoms with Gasteiger partial charge in [0.15, 0.2) is 11.6 Å². The van der Waals surface area contributed by atoms with Crippen LogP contribution in [0.5, 0.6) is 0 Å². The summed E-state index contributed by atoms with van der Waals surface area (Å²) in [6, 6.07) is 7.09. The first-order chi connectivity index (χ1) is 11.4. The average Bonchev–Trinajstić information content (AvgIpc) is 2.54. The van der Waals surface area contributed by atoms with Crippen molar-refractivity contribution >= 4 is 51.5 Å². The van der Waals surface area contributed by atoms with E-state index in [0.29, 0.717) is 17.1 Å². The van der Waals surface area contributed by atoms with Gasteiger partial charge in [0.1, 0.15) is 0 Å². The zero-order valence-corrected chi connectivity index (χ0v) is 15.3. The fourth-order valence-corrected chi connectivity index (χ4v) is 2.87. The lowest BCUT2D eigenvalue weighted by Gasteiger charge is -2.15. The minimum Gasteiger partial charge on any atom is -0.396 e. The zero-order valence-electron chi connectivity index (χ0n) is 12.4. The third kappa shape index (κ3) is 4.55. The number of aliphatic hydroxyl groups excluding tert-OH is 1. The molecule has 0 saturated heterocycles. The number of rotatable bonds is 6. The Bertz CT molecular complexity index is 759. The number of carbonyl (C=O) groups excluding carboxylic acids is 1. The third-order valence-corrected chi connectivity index (χ3v) is 4.13. The van der Waals surface area contributed by atoms with E-state index in [4.69, 9.17) is 16.7 Å². The Labute approximate surface area is 156 Å². The van der Waals surface area contributed by atoms with Crippen molar-refractivity contribution in [3.63, 3.8) is 0 Å². The van der Waals surface area contributed by atoms with Crippen molar-refractivity contribution < 1.29 is 18.7 Å². The van der Waals surface area contributed by atoms with E-state index in [1.54, 1.807) is 18.2 Å². The van der Waals surface area contributed by atoms with Crippen molar-refractivity contribution in [3.8, 4) is 0 Å². The van der Waals surface area contributed by atoms with Crippen molar-refractivity contribution in [3.05, 3.63) is 56.1 Å². The monoisotopic (exact) mass is 466 g/mol. The van der Waals surface area contributed by atoms with Crippen LogP contribution in [0.3, 0.4) is 0 Å². The summed E-state index contributed by atoms with van der Waals surface area (Å²) in [4.78, 5) is 12.2. The molecule has 0 bridgehead atoms. The summed E-state index contributed by atoms with van der Waals surface area (Å²) in [5, 5.41) is 14.3. The molecule has 2 rings (SSSR count). The molecular formula is C16H14ClF2IN2O2. The molecule has 24 heavy (non-hydrogen) atoms. The Morgan fingerprint density at radius 2 is 2.00 bits per heavy atom. The van der Waals surface area contributed by atoms with E-state index in [-0.39, 0.29) is 24.4 Å². The predicted octanol–water partition coefficient (Wildman–Crippen LogP) is 4.08. The number of nitrogens with one attached hydrogen (secondary N) is 2. The molecule has 128 valence electrons. The third-order valence-electron chi connectivity index (χ3n) is 3.15. The molecular weight excluding hydrogens is 453 g/mol. The standard InChI is InChI=1S/C16H14ClF2IN2O2/c17-11-8-9(20)2-5-13(11)22-15-10(3-4-12(18)14(15)19)16(24)21-6-1-7-23/h2-5,8,22-23H,1,6-7H2,(H,21,24). The van der Waals surface area contributed by atoms with Crippen molar-refractivity contribution in [1.29, 1.82) is 0 Å². The number of anilines is 2. The molecule has 2 aromatic carbocycles. The molecule has 0 heterocycles. The average molecular weight is 467 g/mol. The molecule has 0 spiro atoms. The maximum absolute atomic E-state index is 14.2. The maximum atomic E-state index is 14.2.